The molecule has 0 radical (unpaired) electrons. The van der Waals surface area contributed by atoms with Crippen LogP contribution in [0.5, 0.6) is 0 Å². The molecule has 1 heterocycles. The van der Waals surface area contributed by atoms with Gasteiger partial charge in [0.1, 0.15) is 0 Å². The summed E-state index contributed by atoms with van der Waals surface area (Å²) >= 11 is 0. The molecule has 0 amide bonds. The predicted molar refractivity (Wildman–Crippen MR) is 100.0 cm³/mol. The molecule has 8 heteroatoms. The van der Waals surface area contributed by atoms with E-state index >= 15 is 0 Å². The molecule has 2 rings (SSSR count). The van der Waals surface area contributed by atoms with Gasteiger partial charge in [-0.2, -0.15) is 0 Å². The van der Waals surface area contributed by atoms with Crippen molar-refractivity contribution in [3.63, 3.8) is 0 Å². The summed E-state index contributed by atoms with van der Waals surface area (Å²) in [6, 6.07) is 8.39. The molecule has 8 nitrogen and oxygen atoms in total. The minimum absolute atomic E-state index is 0.0786. The molecule has 0 aliphatic heterocycles. The second-order valence-corrected chi connectivity index (χ2v) is 5.93. The molecule has 140 valence electrons. The van der Waals surface area contributed by atoms with E-state index in [1.807, 2.05) is 6.07 Å². The highest BCUT2D eigenvalue weighted by Crippen LogP contribution is 2.22. The molecule has 0 bridgehead atoms. The Bertz CT molecular complexity index is 736. The van der Waals surface area contributed by atoms with Crippen molar-refractivity contribution < 1.29 is 9.45 Å². The smallest absolute Gasteiger partial charge is 0.269 e. The highest BCUT2D eigenvalue weighted by molar-refractivity contribution is 5.79. The summed E-state index contributed by atoms with van der Waals surface area (Å²) in [6.07, 6.45) is 2.07. The van der Waals surface area contributed by atoms with Crippen LogP contribution in [0, 0.1) is 10.1 Å². The molecule has 0 atom stereocenters. The van der Waals surface area contributed by atoms with E-state index in [0.29, 0.717) is 25.0 Å². The van der Waals surface area contributed by atoms with Crippen LogP contribution in [-0.4, -0.2) is 23.1 Å². The summed E-state index contributed by atoms with van der Waals surface area (Å²) in [4.78, 5) is 14.4. The fourth-order valence-electron chi connectivity index (χ4n) is 2.62. The summed E-state index contributed by atoms with van der Waals surface area (Å²) in [7, 11) is 1.68. The average molecular weight is 359 g/mol. The van der Waals surface area contributed by atoms with Gasteiger partial charge in [-0.05, 0) is 18.4 Å². The van der Waals surface area contributed by atoms with Gasteiger partial charge in [0.15, 0.2) is 11.7 Å². The fraction of sp³-hybridized carbons (Fsp3) is 0.444. The summed E-state index contributed by atoms with van der Waals surface area (Å²) in [5, 5.41) is 21.2. The van der Waals surface area contributed by atoms with Crippen molar-refractivity contribution in [3.05, 3.63) is 57.5 Å². The first-order valence-electron chi connectivity index (χ1n) is 8.70. The quantitative estimate of drug-likeness (QED) is 0.324. The van der Waals surface area contributed by atoms with Gasteiger partial charge in [0.05, 0.1) is 17.2 Å². The van der Waals surface area contributed by atoms with Crippen molar-refractivity contribution in [2.24, 2.45) is 4.99 Å². The van der Waals surface area contributed by atoms with Crippen molar-refractivity contribution in [3.8, 4) is 0 Å². The van der Waals surface area contributed by atoms with E-state index in [4.69, 9.17) is 4.52 Å². The van der Waals surface area contributed by atoms with Crippen molar-refractivity contribution >= 4 is 11.6 Å². The molecule has 2 aromatic rings. The zero-order valence-corrected chi connectivity index (χ0v) is 15.4. The highest BCUT2D eigenvalue weighted by Gasteiger charge is 2.13. The Balaban J connectivity index is 1.85. The van der Waals surface area contributed by atoms with E-state index in [1.54, 1.807) is 19.2 Å². The number of nitrogens with zero attached hydrogens (tertiary/aromatic N) is 3. The van der Waals surface area contributed by atoms with Crippen LogP contribution in [0.25, 0.3) is 0 Å². The fourth-order valence-corrected chi connectivity index (χ4v) is 2.62. The maximum atomic E-state index is 10.7. The third-order valence-corrected chi connectivity index (χ3v) is 4.24. The predicted octanol–water partition coefficient (Wildman–Crippen LogP) is 3.35. The number of nitro benzene ring substituents is 1. The van der Waals surface area contributed by atoms with Gasteiger partial charge in [-0.1, -0.05) is 31.1 Å². The topological polar surface area (TPSA) is 106 Å². The van der Waals surface area contributed by atoms with Gasteiger partial charge >= 0.3 is 0 Å². The summed E-state index contributed by atoms with van der Waals surface area (Å²) < 4.78 is 5.38. The van der Waals surface area contributed by atoms with E-state index in [1.165, 1.54) is 12.1 Å². The Kier molecular flexibility index (Phi) is 7.13. The number of hydrogen-bond acceptors (Lipinski definition) is 5. The normalized spacial score (nSPS) is 11.6. The zero-order chi connectivity index (χ0) is 18.9. The SMILES string of the molecule is CCC(CC)c1cc(CNC(=NC)NCc2ccc([N+](=O)[O-])cc2)on1. The van der Waals surface area contributed by atoms with Gasteiger partial charge in [0, 0.05) is 37.7 Å². The largest absolute Gasteiger partial charge is 0.359 e. The van der Waals surface area contributed by atoms with Gasteiger partial charge < -0.3 is 15.2 Å². The number of hydrogen-bond donors (Lipinski definition) is 2. The van der Waals surface area contributed by atoms with E-state index in [9.17, 15) is 10.1 Å². The van der Waals surface area contributed by atoms with Crippen LogP contribution >= 0.6 is 0 Å². The first kappa shape index (κ1) is 19.4. The molecule has 0 fully saturated rings. The molecule has 0 saturated heterocycles. The molecule has 0 aliphatic carbocycles. The Labute approximate surface area is 152 Å². The summed E-state index contributed by atoms with van der Waals surface area (Å²) in [6.45, 7) is 5.27. The number of non-ortho nitro benzene ring substituents is 1. The lowest BCUT2D eigenvalue weighted by Gasteiger charge is -2.10. The Morgan fingerprint density at radius 2 is 1.88 bits per heavy atom. The minimum Gasteiger partial charge on any atom is -0.359 e. The lowest BCUT2D eigenvalue weighted by Crippen LogP contribution is -2.36. The summed E-state index contributed by atoms with van der Waals surface area (Å²) in [5.41, 5.74) is 1.99. The lowest BCUT2D eigenvalue weighted by molar-refractivity contribution is -0.384. The summed E-state index contributed by atoms with van der Waals surface area (Å²) in [5.74, 6) is 1.79. The van der Waals surface area contributed by atoms with Crippen LogP contribution in [0.15, 0.2) is 39.8 Å². The molecule has 26 heavy (non-hydrogen) atoms. The molecule has 0 aliphatic rings. The second kappa shape index (κ2) is 9.55. The number of aliphatic imine (C=N–C) groups is 1. The highest BCUT2D eigenvalue weighted by atomic mass is 16.6. The Morgan fingerprint density at radius 1 is 1.23 bits per heavy atom. The van der Waals surface area contributed by atoms with Gasteiger partial charge in [0.25, 0.3) is 5.69 Å². The van der Waals surface area contributed by atoms with Gasteiger partial charge in [0.2, 0.25) is 0 Å². The minimum atomic E-state index is -0.412. The first-order valence-corrected chi connectivity index (χ1v) is 8.70. The second-order valence-electron chi connectivity index (χ2n) is 5.93. The van der Waals surface area contributed by atoms with E-state index in [2.05, 4.69) is 34.6 Å². The van der Waals surface area contributed by atoms with Crippen molar-refractivity contribution in [1.29, 1.82) is 0 Å². The van der Waals surface area contributed by atoms with Crippen molar-refractivity contribution in [2.75, 3.05) is 7.05 Å². The van der Waals surface area contributed by atoms with E-state index < -0.39 is 4.92 Å². The molecule has 0 saturated carbocycles. The number of nitro groups is 1. The van der Waals surface area contributed by atoms with E-state index in [0.717, 1.165) is 29.9 Å². The lowest BCUT2D eigenvalue weighted by atomic mass is 9.99. The van der Waals surface area contributed by atoms with E-state index in [-0.39, 0.29) is 5.69 Å². The number of rotatable bonds is 8. The molecule has 2 N–H and O–H groups in total. The average Bonchev–Trinajstić information content (AvgIpc) is 3.12. The molecule has 0 unspecified atom stereocenters. The molecular formula is C18H25N5O3. The van der Waals surface area contributed by atoms with Crippen LogP contribution in [0.4, 0.5) is 5.69 Å². The molecule has 0 spiro atoms. The third kappa shape index (κ3) is 5.30. The Hall–Kier alpha value is -2.90. The van der Waals surface area contributed by atoms with Crippen molar-refractivity contribution in [2.45, 2.75) is 45.7 Å². The van der Waals surface area contributed by atoms with Crippen LogP contribution in [-0.2, 0) is 13.1 Å². The Morgan fingerprint density at radius 3 is 2.46 bits per heavy atom. The first-order chi connectivity index (χ1) is 12.6. The van der Waals surface area contributed by atoms with Crippen LogP contribution in [0.2, 0.25) is 0 Å². The van der Waals surface area contributed by atoms with Gasteiger partial charge in [-0.3, -0.25) is 15.1 Å². The van der Waals surface area contributed by atoms with Gasteiger partial charge in [-0.25, -0.2) is 0 Å². The number of benzene rings is 1. The van der Waals surface area contributed by atoms with Crippen molar-refractivity contribution in [1.82, 2.24) is 15.8 Å². The van der Waals surface area contributed by atoms with Crippen LogP contribution in [0.3, 0.4) is 0 Å². The standard InChI is InChI=1S/C18H25N5O3/c1-4-14(5-2)17-10-16(26-22-17)12-21-18(19-3)20-11-13-6-8-15(9-7-13)23(24)25/h6-10,14H,4-5,11-12H2,1-3H3,(H2,19,20,21). The molecular weight excluding hydrogens is 334 g/mol. The molecule has 1 aromatic heterocycles. The number of nitrogens with one attached hydrogen (secondary N) is 2. The zero-order valence-electron chi connectivity index (χ0n) is 15.4. The van der Waals surface area contributed by atoms with Crippen LogP contribution in [0.1, 0.15) is 49.6 Å². The van der Waals surface area contributed by atoms with Gasteiger partial charge in [-0.15, -0.1) is 0 Å². The maximum absolute atomic E-state index is 10.7. The maximum Gasteiger partial charge on any atom is 0.269 e. The third-order valence-electron chi connectivity index (χ3n) is 4.24. The van der Waals surface area contributed by atoms with Crippen LogP contribution < -0.4 is 10.6 Å². The monoisotopic (exact) mass is 359 g/mol. The molecule has 1 aromatic carbocycles. The number of aromatic nitrogens is 1. The number of guanidine groups is 1.